The molecule has 3 heterocycles. The van der Waals surface area contributed by atoms with Crippen LogP contribution in [-0.2, 0) is 13.0 Å². The molecular formula is C20H20N2O4S. The number of rotatable bonds is 3. The van der Waals surface area contributed by atoms with Gasteiger partial charge in [0.05, 0.1) is 11.1 Å². The number of nitrogens with one attached hydrogen (secondary N) is 1. The number of nitrogens with zero attached hydrogens (tertiary/aromatic N) is 1. The molecule has 1 aromatic carbocycles. The highest BCUT2D eigenvalue weighted by atomic mass is 32.2. The van der Waals surface area contributed by atoms with Gasteiger partial charge in [0.15, 0.2) is 17.3 Å². The van der Waals surface area contributed by atoms with Crippen molar-refractivity contribution in [3.8, 4) is 11.5 Å². The number of carbonyl (C=O) groups excluding carboxylic acids is 1. The van der Waals surface area contributed by atoms with Gasteiger partial charge >= 0.3 is 0 Å². The first-order chi connectivity index (χ1) is 13.1. The van der Waals surface area contributed by atoms with Gasteiger partial charge in [0.2, 0.25) is 6.79 Å². The molecule has 1 N–H and O–H groups in total. The third-order valence-corrected chi connectivity index (χ3v) is 6.56. The van der Waals surface area contributed by atoms with E-state index < -0.39 is 0 Å². The second-order valence-corrected chi connectivity index (χ2v) is 8.48. The van der Waals surface area contributed by atoms with E-state index in [2.05, 4.69) is 12.2 Å². The van der Waals surface area contributed by atoms with Gasteiger partial charge in [-0.1, -0.05) is 6.07 Å². The number of fused-ring (bicyclic) bond motifs is 4. The molecule has 7 heteroatoms. The van der Waals surface area contributed by atoms with Gasteiger partial charge in [-0.05, 0) is 38.0 Å². The Labute approximate surface area is 161 Å². The highest BCUT2D eigenvalue weighted by Crippen LogP contribution is 2.47. The highest BCUT2D eigenvalue weighted by Gasteiger charge is 2.39. The van der Waals surface area contributed by atoms with Crippen molar-refractivity contribution in [2.24, 2.45) is 4.99 Å². The predicted octanol–water partition coefficient (Wildman–Crippen LogP) is 3.77. The zero-order chi connectivity index (χ0) is 18.5. The van der Waals surface area contributed by atoms with Crippen molar-refractivity contribution in [1.82, 2.24) is 5.32 Å². The molecule has 0 spiro atoms. The first-order valence-corrected chi connectivity index (χ1v) is 9.98. The molecule has 2 aliphatic heterocycles. The topological polar surface area (TPSA) is 73.1 Å². The molecule has 2 unspecified atom stereocenters. The molecule has 140 valence electrons. The minimum absolute atomic E-state index is 0.123. The fraction of sp³-hybridized carbons (Fsp3) is 0.400. The van der Waals surface area contributed by atoms with Gasteiger partial charge in [-0.3, -0.25) is 9.79 Å². The van der Waals surface area contributed by atoms with Crippen LogP contribution in [0.4, 0.5) is 0 Å². The average molecular weight is 384 g/mol. The van der Waals surface area contributed by atoms with Gasteiger partial charge < -0.3 is 19.2 Å². The number of carbonyl (C=O) groups is 1. The van der Waals surface area contributed by atoms with E-state index in [0.29, 0.717) is 23.3 Å². The predicted molar refractivity (Wildman–Crippen MR) is 103 cm³/mol. The minimum Gasteiger partial charge on any atom is -0.455 e. The third kappa shape index (κ3) is 2.81. The molecule has 1 aromatic heterocycles. The summed E-state index contributed by atoms with van der Waals surface area (Å²) in [6, 6.07) is 5.79. The molecule has 2 atom stereocenters. The van der Waals surface area contributed by atoms with Crippen LogP contribution >= 0.6 is 11.8 Å². The Morgan fingerprint density at radius 3 is 3.04 bits per heavy atom. The molecule has 1 aliphatic carbocycles. The summed E-state index contributed by atoms with van der Waals surface area (Å²) in [5, 5.41) is 4.54. The maximum Gasteiger partial charge on any atom is 0.287 e. The number of thioether (sulfide) groups is 1. The second kappa shape index (κ2) is 6.34. The van der Waals surface area contributed by atoms with Crippen LogP contribution in [0.3, 0.4) is 0 Å². The molecule has 0 radical (unpaired) electrons. The molecule has 2 aromatic rings. The zero-order valence-electron chi connectivity index (χ0n) is 15.2. The number of hydrogen-bond donors (Lipinski definition) is 1. The van der Waals surface area contributed by atoms with Crippen LogP contribution in [0.5, 0.6) is 11.5 Å². The lowest BCUT2D eigenvalue weighted by atomic mass is 9.90. The summed E-state index contributed by atoms with van der Waals surface area (Å²) in [5.41, 5.74) is 2.99. The van der Waals surface area contributed by atoms with Crippen LogP contribution in [0.15, 0.2) is 27.6 Å². The highest BCUT2D eigenvalue weighted by molar-refractivity contribution is 8.14. The molecule has 0 saturated carbocycles. The van der Waals surface area contributed by atoms with Crippen LogP contribution in [0.1, 0.15) is 52.4 Å². The van der Waals surface area contributed by atoms with E-state index in [-0.39, 0.29) is 18.7 Å². The fourth-order valence-electron chi connectivity index (χ4n) is 4.02. The second-order valence-electron chi connectivity index (χ2n) is 7.05. The van der Waals surface area contributed by atoms with E-state index in [1.54, 1.807) is 0 Å². The Morgan fingerprint density at radius 1 is 1.30 bits per heavy atom. The van der Waals surface area contributed by atoms with Crippen LogP contribution in [-0.4, -0.2) is 23.0 Å². The Kier molecular flexibility index (Phi) is 3.93. The number of ether oxygens (including phenoxy) is 2. The van der Waals surface area contributed by atoms with Crippen molar-refractivity contribution in [3.63, 3.8) is 0 Å². The van der Waals surface area contributed by atoms with E-state index in [4.69, 9.17) is 18.9 Å². The smallest absolute Gasteiger partial charge is 0.287 e. The minimum atomic E-state index is -0.192. The number of furan rings is 1. The summed E-state index contributed by atoms with van der Waals surface area (Å²) in [7, 11) is 0. The summed E-state index contributed by atoms with van der Waals surface area (Å²) < 4.78 is 16.7. The maximum atomic E-state index is 12.7. The summed E-state index contributed by atoms with van der Waals surface area (Å²) in [4.78, 5) is 17.5. The van der Waals surface area contributed by atoms with Crippen LogP contribution in [0.25, 0.3) is 0 Å². The van der Waals surface area contributed by atoms with Crippen molar-refractivity contribution in [2.75, 3.05) is 6.79 Å². The molecule has 1 amide bonds. The quantitative estimate of drug-likeness (QED) is 0.872. The Hall–Kier alpha value is -2.41. The van der Waals surface area contributed by atoms with E-state index in [0.717, 1.165) is 46.1 Å². The SMILES string of the molecule is CC1=NC2c3c(oc(C(=O)NCc4ccc5c(c4)OCO5)c3C)CCC2S1. The van der Waals surface area contributed by atoms with Crippen LogP contribution in [0, 0.1) is 6.92 Å². The molecule has 0 saturated heterocycles. The van der Waals surface area contributed by atoms with E-state index in [1.807, 2.05) is 36.9 Å². The van der Waals surface area contributed by atoms with Gasteiger partial charge in [0.1, 0.15) is 5.76 Å². The van der Waals surface area contributed by atoms with Gasteiger partial charge in [-0.25, -0.2) is 0 Å². The summed E-state index contributed by atoms with van der Waals surface area (Å²) in [6.45, 7) is 4.66. The van der Waals surface area contributed by atoms with Crippen LogP contribution < -0.4 is 14.8 Å². The lowest BCUT2D eigenvalue weighted by Crippen LogP contribution is -2.23. The summed E-state index contributed by atoms with van der Waals surface area (Å²) >= 11 is 1.84. The Morgan fingerprint density at radius 2 is 2.15 bits per heavy atom. The van der Waals surface area contributed by atoms with Gasteiger partial charge in [-0.2, -0.15) is 0 Å². The largest absolute Gasteiger partial charge is 0.455 e. The standard InChI is InChI=1S/C20H20N2O4S/c1-10-17-14(5-6-16-18(17)22-11(2)27-16)26-19(10)20(23)21-8-12-3-4-13-15(7-12)25-9-24-13/h3-4,7,16,18H,5-6,8-9H2,1-2H3,(H,21,23). The molecule has 0 bridgehead atoms. The monoisotopic (exact) mass is 384 g/mol. The van der Waals surface area contributed by atoms with E-state index >= 15 is 0 Å². The lowest BCUT2D eigenvalue weighted by Gasteiger charge is -2.22. The number of benzene rings is 1. The summed E-state index contributed by atoms with van der Waals surface area (Å²) in [5.74, 6) is 2.58. The zero-order valence-corrected chi connectivity index (χ0v) is 16.0. The van der Waals surface area contributed by atoms with E-state index in [9.17, 15) is 4.79 Å². The maximum absolute atomic E-state index is 12.7. The molecule has 5 rings (SSSR count). The molecule has 0 fully saturated rings. The molecular weight excluding hydrogens is 364 g/mol. The van der Waals surface area contributed by atoms with Gasteiger partial charge in [-0.15, -0.1) is 11.8 Å². The molecule has 3 aliphatic rings. The van der Waals surface area contributed by atoms with Crippen molar-refractivity contribution in [2.45, 2.75) is 44.5 Å². The van der Waals surface area contributed by atoms with Crippen LogP contribution in [0.2, 0.25) is 0 Å². The number of aryl methyl sites for hydroxylation is 1. The first-order valence-electron chi connectivity index (χ1n) is 9.10. The Balaban J connectivity index is 1.35. The third-order valence-electron chi connectivity index (χ3n) is 5.31. The van der Waals surface area contributed by atoms with Crippen molar-refractivity contribution < 1.29 is 18.7 Å². The Bertz CT molecular complexity index is 965. The van der Waals surface area contributed by atoms with Gasteiger partial charge in [0.25, 0.3) is 5.91 Å². The number of amides is 1. The van der Waals surface area contributed by atoms with Crippen molar-refractivity contribution in [1.29, 1.82) is 0 Å². The average Bonchev–Trinajstić information content (AvgIpc) is 3.35. The van der Waals surface area contributed by atoms with Crippen molar-refractivity contribution in [3.05, 3.63) is 46.4 Å². The first kappa shape index (κ1) is 16.7. The number of aliphatic imine (C=N–C) groups is 1. The molecule has 27 heavy (non-hydrogen) atoms. The number of hydrogen-bond acceptors (Lipinski definition) is 6. The van der Waals surface area contributed by atoms with Crippen molar-refractivity contribution >= 4 is 22.7 Å². The molecule has 6 nitrogen and oxygen atoms in total. The van der Waals surface area contributed by atoms with Gasteiger partial charge in [0, 0.05) is 29.3 Å². The van der Waals surface area contributed by atoms with E-state index in [1.165, 1.54) is 0 Å². The lowest BCUT2D eigenvalue weighted by molar-refractivity contribution is 0.0920. The fourth-order valence-corrected chi connectivity index (χ4v) is 5.20. The summed E-state index contributed by atoms with van der Waals surface area (Å²) in [6.07, 6.45) is 1.90. The normalized spacial score (nSPS) is 22.2.